The molecule has 0 radical (unpaired) electrons. The van der Waals surface area contributed by atoms with E-state index in [0.29, 0.717) is 12.5 Å². The van der Waals surface area contributed by atoms with E-state index in [1.165, 1.54) is 5.56 Å². The summed E-state index contributed by atoms with van der Waals surface area (Å²) in [5.41, 5.74) is 1.31. The van der Waals surface area contributed by atoms with Gasteiger partial charge in [-0.2, -0.15) is 0 Å². The maximum Gasteiger partial charge on any atom is 0.213 e. The third-order valence-electron chi connectivity index (χ3n) is 2.30. The molecule has 3 nitrogen and oxygen atoms in total. The maximum atomic E-state index is 5.27. The number of hydrogen-bond acceptors (Lipinski definition) is 3. The van der Waals surface area contributed by atoms with Crippen LogP contribution < -0.4 is 10.1 Å². The van der Waals surface area contributed by atoms with E-state index in [2.05, 4.69) is 16.4 Å². The fourth-order valence-electron chi connectivity index (χ4n) is 1.39. The molecule has 1 fully saturated rings. The minimum absolute atomic E-state index is 0.656. The monoisotopic (exact) mass is 178 g/mol. The molecule has 0 saturated carbocycles. The first-order valence-corrected chi connectivity index (χ1v) is 4.69. The Morgan fingerprint density at radius 3 is 2.85 bits per heavy atom. The van der Waals surface area contributed by atoms with Crippen molar-refractivity contribution in [2.75, 3.05) is 19.7 Å². The number of nitrogens with zero attached hydrogens (tertiary/aromatic N) is 1. The summed E-state index contributed by atoms with van der Waals surface area (Å²) in [5, 5.41) is 3.24. The molecule has 0 amide bonds. The highest BCUT2D eigenvalue weighted by Crippen LogP contribution is 2.20. The second-order valence-corrected chi connectivity index (χ2v) is 3.22. The SMILES string of the molecule is CCOc1ccc(C2CNC2)cn1. The van der Waals surface area contributed by atoms with Crippen LogP contribution in [-0.4, -0.2) is 24.7 Å². The Morgan fingerprint density at radius 2 is 2.38 bits per heavy atom. The van der Waals surface area contributed by atoms with Gasteiger partial charge in [0.25, 0.3) is 0 Å². The smallest absolute Gasteiger partial charge is 0.213 e. The van der Waals surface area contributed by atoms with E-state index in [-0.39, 0.29) is 0 Å². The minimum atomic E-state index is 0.656. The normalized spacial score (nSPS) is 16.7. The first kappa shape index (κ1) is 8.51. The Morgan fingerprint density at radius 1 is 1.54 bits per heavy atom. The van der Waals surface area contributed by atoms with Crippen LogP contribution in [0.1, 0.15) is 18.4 Å². The van der Waals surface area contributed by atoms with E-state index in [9.17, 15) is 0 Å². The van der Waals surface area contributed by atoms with Gasteiger partial charge in [0.05, 0.1) is 6.61 Å². The van der Waals surface area contributed by atoms with Crippen molar-refractivity contribution in [1.29, 1.82) is 0 Å². The molecule has 0 aromatic carbocycles. The fraction of sp³-hybridized carbons (Fsp3) is 0.500. The Labute approximate surface area is 78.1 Å². The molecule has 1 aliphatic heterocycles. The lowest BCUT2D eigenvalue weighted by Gasteiger charge is -2.27. The van der Waals surface area contributed by atoms with E-state index in [4.69, 9.17) is 4.74 Å². The van der Waals surface area contributed by atoms with Crippen molar-refractivity contribution >= 4 is 0 Å². The topological polar surface area (TPSA) is 34.1 Å². The largest absolute Gasteiger partial charge is 0.478 e. The highest BCUT2D eigenvalue weighted by Gasteiger charge is 2.18. The van der Waals surface area contributed by atoms with Crippen LogP contribution in [0.5, 0.6) is 5.88 Å². The number of rotatable bonds is 3. The molecular weight excluding hydrogens is 164 g/mol. The van der Waals surface area contributed by atoms with Gasteiger partial charge >= 0.3 is 0 Å². The molecule has 0 aliphatic carbocycles. The van der Waals surface area contributed by atoms with Gasteiger partial charge in [-0.15, -0.1) is 0 Å². The Hall–Kier alpha value is -1.09. The van der Waals surface area contributed by atoms with Crippen molar-refractivity contribution in [2.45, 2.75) is 12.8 Å². The van der Waals surface area contributed by atoms with Crippen LogP contribution in [0.3, 0.4) is 0 Å². The average Bonchev–Trinajstić information content (AvgIpc) is 2.06. The van der Waals surface area contributed by atoms with Crippen LogP contribution >= 0.6 is 0 Å². The summed E-state index contributed by atoms with van der Waals surface area (Å²) in [4.78, 5) is 4.22. The quantitative estimate of drug-likeness (QED) is 0.754. The highest BCUT2D eigenvalue weighted by atomic mass is 16.5. The molecule has 2 rings (SSSR count). The number of nitrogens with one attached hydrogen (secondary N) is 1. The van der Waals surface area contributed by atoms with Crippen LogP contribution in [0.2, 0.25) is 0 Å². The van der Waals surface area contributed by atoms with Gasteiger partial charge in [0.1, 0.15) is 0 Å². The van der Waals surface area contributed by atoms with Gasteiger partial charge in [-0.3, -0.25) is 0 Å². The van der Waals surface area contributed by atoms with E-state index >= 15 is 0 Å². The molecule has 1 aliphatic rings. The summed E-state index contributed by atoms with van der Waals surface area (Å²) in [6.07, 6.45) is 1.91. The maximum absolute atomic E-state index is 5.27. The van der Waals surface area contributed by atoms with Gasteiger partial charge in [-0.1, -0.05) is 6.07 Å². The molecule has 0 atom stereocenters. The van der Waals surface area contributed by atoms with Gasteiger partial charge in [0.2, 0.25) is 5.88 Å². The van der Waals surface area contributed by atoms with Crippen molar-refractivity contribution in [3.05, 3.63) is 23.9 Å². The van der Waals surface area contributed by atoms with Gasteiger partial charge in [0.15, 0.2) is 0 Å². The molecule has 70 valence electrons. The summed E-state index contributed by atoms with van der Waals surface area (Å²) in [6.45, 7) is 4.80. The van der Waals surface area contributed by atoms with Gasteiger partial charge in [0, 0.05) is 31.3 Å². The molecule has 2 heterocycles. The summed E-state index contributed by atoms with van der Waals surface area (Å²) < 4.78 is 5.27. The van der Waals surface area contributed by atoms with Gasteiger partial charge in [-0.25, -0.2) is 4.98 Å². The zero-order chi connectivity index (χ0) is 9.10. The summed E-state index contributed by atoms with van der Waals surface area (Å²) >= 11 is 0. The van der Waals surface area contributed by atoms with Crippen molar-refractivity contribution in [2.24, 2.45) is 0 Å². The minimum Gasteiger partial charge on any atom is -0.478 e. The lowest BCUT2D eigenvalue weighted by atomic mass is 9.95. The first-order valence-electron chi connectivity index (χ1n) is 4.69. The molecular formula is C10H14N2O. The summed E-state index contributed by atoms with van der Waals surface area (Å²) in [5.74, 6) is 1.38. The Bertz CT molecular complexity index is 267. The van der Waals surface area contributed by atoms with E-state index in [0.717, 1.165) is 19.0 Å². The number of aromatic nitrogens is 1. The molecule has 0 unspecified atom stereocenters. The van der Waals surface area contributed by atoms with E-state index in [1.54, 1.807) is 0 Å². The summed E-state index contributed by atoms with van der Waals surface area (Å²) in [6, 6.07) is 4.04. The van der Waals surface area contributed by atoms with Gasteiger partial charge < -0.3 is 10.1 Å². The second kappa shape index (κ2) is 3.75. The molecule has 13 heavy (non-hydrogen) atoms. The second-order valence-electron chi connectivity index (χ2n) is 3.22. The van der Waals surface area contributed by atoms with Gasteiger partial charge in [-0.05, 0) is 12.5 Å². The third-order valence-corrected chi connectivity index (χ3v) is 2.30. The van der Waals surface area contributed by atoms with Crippen LogP contribution in [0.4, 0.5) is 0 Å². The fourth-order valence-corrected chi connectivity index (χ4v) is 1.39. The molecule has 1 aromatic heterocycles. The molecule has 1 aromatic rings. The molecule has 3 heteroatoms. The number of pyridine rings is 1. The van der Waals surface area contributed by atoms with Crippen LogP contribution in [-0.2, 0) is 0 Å². The van der Waals surface area contributed by atoms with Crippen molar-refractivity contribution in [3.63, 3.8) is 0 Å². The molecule has 0 bridgehead atoms. The van der Waals surface area contributed by atoms with Crippen molar-refractivity contribution < 1.29 is 4.74 Å². The average molecular weight is 178 g/mol. The van der Waals surface area contributed by atoms with Crippen LogP contribution in [0.15, 0.2) is 18.3 Å². The van der Waals surface area contributed by atoms with Crippen LogP contribution in [0, 0.1) is 0 Å². The zero-order valence-corrected chi connectivity index (χ0v) is 7.79. The predicted octanol–water partition coefficient (Wildman–Crippen LogP) is 1.17. The predicted molar refractivity (Wildman–Crippen MR) is 51.0 cm³/mol. The highest BCUT2D eigenvalue weighted by molar-refractivity contribution is 5.23. The Balaban J connectivity index is 2.04. The van der Waals surface area contributed by atoms with Crippen molar-refractivity contribution in [1.82, 2.24) is 10.3 Å². The number of hydrogen-bond donors (Lipinski definition) is 1. The molecule has 0 spiro atoms. The van der Waals surface area contributed by atoms with Crippen LogP contribution in [0.25, 0.3) is 0 Å². The lowest BCUT2D eigenvalue weighted by Crippen LogP contribution is -2.39. The van der Waals surface area contributed by atoms with E-state index in [1.807, 2.05) is 19.2 Å². The molecule has 1 saturated heterocycles. The third kappa shape index (κ3) is 1.80. The summed E-state index contributed by atoms with van der Waals surface area (Å²) in [7, 11) is 0. The first-order chi connectivity index (χ1) is 6.40. The standard InChI is InChI=1S/C10H14N2O/c1-2-13-10-4-3-8(7-12-10)9-5-11-6-9/h3-4,7,9,11H,2,5-6H2,1H3. The number of ether oxygens (including phenoxy) is 1. The van der Waals surface area contributed by atoms with Crippen molar-refractivity contribution in [3.8, 4) is 5.88 Å². The van der Waals surface area contributed by atoms with E-state index < -0.39 is 0 Å². The lowest BCUT2D eigenvalue weighted by molar-refractivity contribution is 0.326. The Kier molecular flexibility index (Phi) is 2.45. The zero-order valence-electron chi connectivity index (χ0n) is 7.79. The molecule has 1 N–H and O–H groups in total.